The second-order valence-electron chi connectivity index (χ2n) is 4.81. The zero-order valence-corrected chi connectivity index (χ0v) is 11.2. The Hall–Kier alpha value is -1.50. The molecule has 0 fully saturated rings. The van der Waals surface area contributed by atoms with Gasteiger partial charge in [-0.2, -0.15) is 18.4 Å². The third-order valence-electron chi connectivity index (χ3n) is 3.27. The van der Waals surface area contributed by atoms with Gasteiger partial charge in [0.15, 0.2) is 0 Å². The Kier molecular flexibility index (Phi) is 5.41. The van der Waals surface area contributed by atoms with Crippen LogP contribution in [-0.2, 0) is 6.18 Å². The molecule has 0 aromatic heterocycles. The van der Waals surface area contributed by atoms with Crippen molar-refractivity contribution in [1.82, 2.24) is 0 Å². The van der Waals surface area contributed by atoms with Crippen LogP contribution in [0.15, 0.2) is 18.2 Å². The second kappa shape index (κ2) is 6.60. The molecule has 0 aliphatic rings. The summed E-state index contributed by atoms with van der Waals surface area (Å²) in [5.41, 5.74) is 0.0963. The van der Waals surface area contributed by atoms with E-state index in [0.717, 1.165) is 37.8 Å². The van der Waals surface area contributed by atoms with E-state index in [2.05, 4.69) is 6.92 Å². The second-order valence-corrected chi connectivity index (χ2v) is 4.81. The average Bonchev–Trinajstić information content (AvgIpc) is 2.37. The largest absolute Gasteiger partial charge is 0.416 e. The number of nitriles is 1. The van der Waals surface area contributed by atoms with E-state index in [1.807, 2.05) is 13.0 Å². The van der Waals surface area contributed by atoms with Crippen molar-refractivity contribution in [1.29, 1.82) is 5.26 Å². The molecule has 1 rings (SSSR count). The first-order chi connectivity index (χ1) is 8.90. The minimum atomic E-state index is -4.39. The van der Waals surface area contributed by atoms with Gasteiger partial charge in [0.25, 0.3) is 0 Å². The number of hydrogen-bond acceptors (Lipinski definition) is 1. The fraction of sp³-hybridized carbons (Fsp3) is 0.533. The smallest absolute Gasteiger partial charge is 0.192 e. The Bertz CT molecular complexity index is 457. The highest BCUT2D eigenvalue weighted by atomic mass is 19.4. The van der Waals surface area contributed by atoms with Gasteiger partial charge in [0.2, 0.25) is 0 Å². The zero-order valence-electron chi connectivity index (χ0n) is 11.2. The summed E-state index contributed by atoms with van der Waals surface area (Å²) >= 11 is 0. The van der Waals surface area contributed by atoms with Gasteiger partial charge in [-0.05, 0) is 30.0 Å². The Morgan fingerprint density at radius 3 is 2.47 bits per heavy atom. The molecule has 1 aromatic carbocycles. The predicted octanol–water partition coefficient (Wildman–Crippen LogP) is 5.26. The monoisotopic (exact) mass is 269 g/mol. The van der Waals surface area contributed by atoms with Gasteiger partial charge in [0, 0.05) is 0 Å². The number of halogens is 3. The lowest BCUT2D eigenvalue weighted by atomic mass is 9.90. The maximum absolute atomic E-state index is 12.6. The van der Waals surface area contributed by atoms with Crippen molar-refractivity contribution < 1.29 is 13.2 Å². The van der Waals surface area contributed by atoms with Gasteiger partial charge in [-0.3, -0.25) is 0 Å². The standard InChI is InChI=1S/C15H18F3N/c1-3-4-5-6-11(2)14-8-7-13(15(16,17)18)9-12(14)10-19/h7-9,11H,3-6H2,1-2H3. The van der Waals surface area contributed by atoms with Crippen LogP contribution in [0.4, 0.5) is 13.2 Å². The third kappa shape index (κ3) is 4.27. The predicted molar refractivity (Wildman–Crippen MR) is 68.7 cm³/mol. The van der Waals surface area contributed by atoms with Crippen molar-refractivity contribution in [3.63, 3.8) is 0 Å². The summed E-state index contributed by atoms with van der Waals surface area (Å²) in [5, 5.41) is 9.01. The highest BCUT2D eigenvalue weighted by Gasteiger charge is 2.31. The lowest BCUT2D eigenvalue weighted by Gasteiger charge is -2.15. The summed E-state index contributed by atoms with van der Waals surface area (Å²) in [7, 11) is 0. The van der Waals surface area contributed by atoms with E-state index in [9.17, 15) is 13.2 Å². The molecular weight excluding hydrogens is 251 g/mol. The fourth-order valence-electron chi connectivity index (χ4n) is 2.12. The summed E-state index contributed by atoms with van der Waals surface area (Å²) in [6.07, 6.45) is -0.259. The number of rotatable bonds is 5. The van der Waals surface area contributed by atoms with E-state index in [0.29, 0.717) is 5.56 Å². The molecule has 0 aliphatic heterocycles. The van der Waals surface area contributed by atoms with Crippen molar-refractivity contribution in [2.45, 2.75) is 51.6 Å². The van der Waals surface area contributed by atoms with Gasteiger partial charge in [0.1, 0.15) is 0 Å². The molecule has 0 radical (unpaired) electrons. The number of benzene rings is 1. The minimum absolute atomic E-state index is 0.114. The van der Waals surface area contributed by atoms with Crippen LogP contribution in [0.1, 0.15) is 62.1 Å². The SMILES string of the molecule is CCCCCC(C)c1ccc(C(F)(F)F)cc1C#N. The van der Waals surface area contributed by atoms with E-state index in [4.69, 9.17) is 5.26 Å². The molecular formula is C15H18F3N. The summed E-state index contributed by atoms with van der Waals surface area (Å²) in [6, 6.07) is 5.33. The van der Waals surface area contributed by atoms with Crippen LogP contribution in [0, 0.1) is 11.3 Å². The Morgan fingerprint density at radius 2 is 1.95 bits per heavy atom. The number of unbranched alkanes of at least 4 members (excludes halogenated alkanes) is 2. The van der Waals surface area contributed by atoms with E-state index in [1.165, 1.54) is 6.07 Å². The molecule has 0 amide bonds. The summed E-state index contributed by atoms with van der Waals surface area (Å²) < 4.78 is 37.7. The van der Waals surface area contributed by atoms with Crippen LogP contribution in [0.25, 0.3) is 0 Å². The number of hydrogen-bond donors (Lipinski definition) is 0. The number of alkyl halides is 3. The molecule has 0 saturated carbocycles. The summed E-state index contributed by atoms with van der Waals surface area (Å²) in [4.78, 5) is 0. The molecule has 0 spiro atoms. The summed E-state index contributed by atoms with van der Waals surface area (Å²) in [5.74, 6) is 0.114. The first kappa shape index (κ1) is 15.6. The highest BCUT2D eigenvalue weighted by Crippen LogP contribution is 2.33. The van der Waals surface area contributed by atoms with Crippen molar-refractivity contribution in [3.05, 3.63) is 34.9 Å². The molecule has 1 nitrogen and oxygen atoms in total. The lowest BCUT2D eigenvalue weighted by Crippen LogP contribution is -2.07. The van der Waals surface area contributed by atoms with Gasteiger partial charge < -0.3 is 0 Å². The van der Waals surface area contributed by atoms with Crippen molar-refractivity contribution >= 4 is 0 Å². The van der Waals surface area contributed by atoms with Crippen LogP contribution in [0.3, 0.4) is 0 Å². The van der Waals surface area contributed by atoms with E-state index in [-0.39, 0.29) is 11.5 Å². The molecule has 0 saturated heterocycles. The van der Waals surface area contributed by atoms with Crippen molar-refractivity contribution in [2.75, 3.05) is 0 Å². The lowest BCUT2D eigenvalue weighted by molar-refractivity contribution is -0.137. The van der Waals surface area contributed by atoms with E-state index in [1.54, 1.807) is 0 Å². The van der Waals surface area contributed by atoms with E-state index < -0.39 is 11.7 Å². The van der Waals surface area contributed by atoms with Gasteiger partial charge in [0.05, 0.1) is 17.2 Å². The fourth-order valence-corrected chi connectivity index (χ4v) is 2.12. The molecule has 0 heterocycles. The molecule has 19 heavy (non-hydrogen) atoms. The van der Waals surface area contributed by atoms with Crippen LogP contribution in [-0.4, -0.2) is 0 Å². The molecule has 1 atom stereocenters. The minimum Gasteiger partial charge on any atom is -0.192 e. The third-order valence-corrected chi connectivity index (χ3v) is 3.27. The quantitative estimate of drug-likeness (QED) is 0.669. The van der Waals surface area contributed by atoms with Crippen LogP contribution in [0.2, 0.25) is 0 Å². The molecule has 104 valence electrons. The van der Waals surface area contributed by atoms with E-state index >= 15 is 0 Å². The van der Waals surface area contributed by atoms with Gasteiger partial charge >= 0.3 is 6.18 Å². The Labute approximate surface area is 112 Å². The van der Waals surface area contributed by atoms with Crippen molar-refractivity contribution in [3.8, 4) is 6.07 Å². The molecule has 1 aromatic rings. The normalized spacial score (nSPS) is 13.1. The number of nitrogens with zero attached hydrogens (tertiary/aromatic N) is 1. The maximum Gasteiger partial charge on any atom is 0.416 e. The molecule has 0 bridgehead atoms. The van der Waals surface area contributed by atoms with Gasteiger partial charge in [-0.1, -0.05) is 39.2 Å². The van der Waals surface area contributed by atoms with Crippen LogP contribution >= 0.6 is 0 Å². The van der Waals surface area contributed by atoms with Crippen LogP contribution < -0.4 is 0 Å². The van der Waals surface area contributed by atoms with Gasteiger partial charge in [-0.25, -0.2) is 0 Å². The van der Waals surface area contributed by atoms with Crippen molar-refractivity contribution in [2.24, 2.45) is 0 Å². The van der Waals surface area contributed by atoms with Gasteiger partial charge in [-0.15, -0.1) is 0 Å². The summed E-state index contributed by atoms with van der Waals surface area (Å²) in [6.45, 7) is 4.06. The topological polar surface area (TPSA) is 23.8 Å². The maximum atomic E-state index is 12.6. The Balaban J connectivity index is 2.94. The first-order valence-corrected chi connectivity index (χ1v) is 6.51. The van der Waals surface area contributed by atoms with Crippen LogP contribution in [0.5, 0.6) is 0 Å². The highest BCUT2D eigenvalue weighted by molar-refractivity contribution is 5.43. The molecule has 4 heteroatoms. The zero-order chi connectivity index (χ0) is 14.5. The molecule has 0 N–H and O–H groups in total. The average molecular weight is 269 g/mol. The first-order valence-electron chi connectivity index (χ1n) is 6.51. The molecule has 1 unspecified atom stereocenters. The Morgan fingerprint density at radius 1 is 1.26 bits per heavy atom. The molecule has 0 aliphatic carbocycles.